The second-order valence-corrected chi connectivity index (χ2v) is 6.43. The van der Waals surface area contributed by atoms with Crippen molar-refractivity contribution in [1.82, 2.24) is 5.32 Å². The lowest BCUT2D eigenvalue weighted by atomic mass is 9.92. The SMILES string of the molecule is CCC1Cc2c(cccc2N2CCSCC2)CN1. The molecular weight excluding hydrogens is 240 g/mol. The number of thioether (sulfide) groups is 1. The Kier molecular flexibility index (Phi) is 3.80. The monoisotopic (exact) mass is 262 g/mol. The van der Waals surface area contributed by atoms with Gasteiger partial charge in [0, 0.05) is 42.9 Å². The predicted molar refractivity (Wildman–Crippen MR) is 80.6 cm³/mol. The molecule has 0 radical (unpaired) electrons. The van der Waals surface area contributed by atoms with Gasteiger partial charge in [-0.25, -0.2) is 0 Å². The summed E-state index contributed by atoms with van der Waals surface area (Å²) in [5.74, 6) is 2.55. The van der Waals surface area contributed by atoms with E-state index in [-0.39, 0.29) is 0 Å². The van der Waals surface area contributed by atoms with Gasteiger partial charge in [0.2, 0.25) is 0 Å². The normalized spacial score (nSPS) is 23.8. The zero-order chi connectivity index (χ0) is 12.4. The number of hydrogen-bond acceptors (Lipinski definition) is 3. The predicted octanol–water partition coefficient (Wildman–Crippen LogP) is 2.66. The number of benzene rings is 1. The van der Waals surface area contributed by atoms with E-state index in [0.717, 1.165) is 6.54 Å². The fourth-order valence-electron chi connectivity index (χ4n) is 2.98. The van der Waals surface area contributed by atoms with Crippen LogP contribution in [0, 0.1) is 0 Å². The van der Waals surface area contributed by atoms with Crippen molar-refractivity contribution in [3.05, 3.63) is 29.3 Å². The third kappa shape index (κ3) is 2.39. The molecule has 1 saturated heterocycles. The Morgan fingerprint density at radius 2 is 2.17 bits per heavy atom. The van der Waals surface area contributed by atoms with E-state index in [1.54, 1.807) is 5.56 Å². The van der Waals surface area contributed by atoms with E-state index in [2.05, 4.69) is 47.1 Å². The fourth-order valence-corrected chi connectivity index (χ4v) is 3.89. The smallest absolute Gasteiger partial charge is 0.0403 e. The summed E-state index contributed by atoms with van der Waals surface area (Å²) < 4.78 is 0. The van der Waals surface area contributed by atoms with Crippen LogP contribution in [0.5, 0.6) is 0 Å². The Balaban J connectivity index is 1.90. The first kappa shape index (κ1) is 12.4. The maximum atomic E-state index is 3.63. The molecular formula is C15H22N2S. The summed E-state index contributed by atoms with van der Waals surface area (Å²) in [5.41, 5.74) is 4.62. The molecule has 0 bridgehead atoms. The molecule has 2 nitrogen and oxygen atoms in total. The summed E-state index contributed by atoms with van der Waals surface area (Å²) in [6.45, 7) is 5.75. The van der Waals surface area contributed by atoms with Crippen LogP contribution in [0.15, 0.2) is 18.2 Å². The van der Waals surface area contributed by atoms with Crippen LogP contribution in [-0.2, 0) is 13.0 Å². The van der Waals surface area contributed by atoms with Gasteiger partial charge in [0.25, 0.3) is 0 Å². The molecule has 0 spiro atoms. The number of fused-ring (bicyclic) bond motifs is 1. The lowest BCUT2D eigenvalue weighted by Gasteiger charge is -2.34. The fraction of sp³-hybridized carbons (Fsp3) is 0.600. The minimum absolute atomic E-state index is 0.665. The maximum Gasteiger partial charge on any atom is 0.0403 e. The highest BCUT2D eigenvalue weighted by molar-refractivity contribution is 7.99. The van der Waals surface area contributed by atoms with Crippen molar-refractivity contribution in [2.75, 3.05) is 29.5 Å². The Bertz CT molecular complexity index is 413. The highest BCUT2D eigenvalue weighted by Gasteiger charge is 2.22. The molecule has 3 rings (SSSR count). The van der Waals surface area contributed by atoms with Gasteiger partial charge >= 0.3 is 0 Å². The molecule has 1 aromatic rings. The van der Waals surface area contributed by atoms with Gasteiger partial charge in [0.05, 0.1) is 0 Å². The Hall–Kier alpha value is -0.670. The van der Waals surface area contributed by atoms with Crippen LogP contribution in [0.1, 0.15) is 24.5 Å². The van der Waals surface area contributed by atoms with Crippen molar-refractivity contribution in [3.63, 3.8) is 0 Å². The largest absolute Gasteiger partial charge is 0.370 e. The quantitative estimate of drug-likeness (QED) is 0.882. The van der Waals surface area contributed by atoms with E-state index in [1.165, 1.54) is 48.7 Å². The van der Waals surface area contributed by atoms with Crippen LogP contribution in [0.2, 0.25) is 0 Å². The molecule has 0 aliphatic carbocycles. The van der Waals surface area contributed by atoms with Crippen molar-refractivity contribution >= 4 is 17.4 Å². The Labute approximate surface area is 114 Å². The molecule has 1 aromatic carbocycles. The zero-order valence-electron chi connectivity index (χ0n) is 11.1. The van der Waals surface area contributed by atoms with Crippen LogP contribution in [0.4, 0.5) is 5.69 Å². The maximum absolute atomic E-state index is 3.63. The third-order valence-electron chi connectivity index (χ3n) is 4.12. The number of hydrogen-bond donors (Lipinski definition) is 1. The molecule has 0 amide bonds. The lowest BCUT2D eigenvalue weighted by molar-refractivity contribution is 0.467. The van der Waals surface area contributed by atoms with E-state index in [0.29, 0.717) is 6.04 Å². The van der Waals surface area contributed by atoms with Gasteiger partial charge in [-0.2, -0.15) is 11.8 Å². The molecule has 0 saturated carbocycles. The van der Waals surface area contributed by atoms with Gasteiger partial charge in [0.15, 0.2) is 0 Å². The molecule has 2 heterocycles. The second kappa shape index (κ2) is 5.54. The number of nitrogens with one attached hydrogen (secondary N) is 1. The standard InChI is InChI=1S/C15H22N2S/c1-2-13-10-14-12(11-16-13)4-3-5-15(14)17-6-8-18-9-7-17/h3-5,13,16H,2,6-11H2,1H3. The average Bonchev–Trinajstić information content (AvgIpc) is 2.47. The van der Waals surface area contributed by atoms with Crippen molar-refractivity contribution in [2.24, 2.45) is 0 Å². The summed E-state index contributed by atoms with van der Waals surface area (Å²) in [7, 11) is 0. The van der Waals surface area contributed by atoms with E-state index < -0.39 is 0 Å². The molecule has 1 N–H and O–H groups in total. The first-order chi connectivity index (χ1) is 8.88. The van der Waals surface area contributed by atoms with Crippen molar-refractivity contribution in [3.8, 4) is 0 Å². The lowest BCUT2D eigenvalue weighted by Crippen LogP contribution is -2.38. The van der Waals surface area contributed by atoms with Crippen LogP contribution < -0.4 is 10.2 Å². The summed E-state index contributed by atoms with van der Waals surface area (Å²) in [4.78, 5) is 2.59. The molecule has 2 aliphatic rings. The Morgan fingerprint density at radius 1 is 1.33 bits per heavy atom. The molecule has 1 unspecified atom stereocenters. The number of anilines is 1. The van der Waals surface area contributed by atoms with Crippen LogP contribution in [0.3, 0.4) is 0 Å². The zero-order valence-corrected chi connectivity index (χ0v) is 11.9. The van der Waals surface area contributed by atoms with Crippen molar-refractivity contribution in [2.45, 2.75) is 32.4 Å². The molecule has 0 aromatic heterocycles. The molecule has 2 aliphatic heterocycles. The summed E-state index contributed by atoms with van der Waals surface area (Å²) >= 11 is 2.08. The summed E-state index contributed by atoms with van der Waals surface area (Å²) in [6.07, 6.45) is 2.43. The average molecular weight is 262 g/mol. The Morgan fingerprint density at radius 3 is 2.94 bits per heavy atom. The van der Waals surface area contributed by atoms with E-state index in [9.17, 15) is 0 Å². The highest BCUT2D eigenvalue weighted by Crippen LogP contribution is 2.30. The van der Waals surface area contributed by atoms with Gasteiger partial charge in [0.1, 0.15) is 0 Å². The highest BCUT2D eigenvalue weighted by atomic mass is 32.2. The third-order valence-corrected chi connectivity index (χ3v) is 5.07. The molecule has 98 valence electrons. The molecule has 3 heteroatoms. The molecule has 18 heavy (non-hydrogen) atoms. The molecule has 1 atom stereocenters. The topological polar surface area (TPSA) is 15.3 Å². The minimum atomic E-state index is 0.665. The second-order valence-electron chi connectivity index (χ2n) is 5.20. The summed E-state index contributed by atoms with van der Waals surface area (Å²) in [5, 5.41) is 3.63. The summed E-state index contributed by atoms with van der Waals surface area (Å²) in [6, 6.07) is 7.51. The minimum Gasteiger partial charge on any atom is -0.370 e. The van der Waals surface area contributed by atoms with Gasteiger partial charge < -0.3 is 10.2 Å². The molecule has 1 fully saturated rings. The van der Waals surface area contributed by atoms with Gasteiger partial charge in [-0.15, -0.1) is 0 Å². The van der Waals surface area contributed by atoms with Crippen LogP contribution in [-0.4, -0.2) is 30.6 Å². The van der Waals surface area contributed by atoms with Crippen molar-refractivity contribution < 1.29 is 0 Å². The van der Waals surface area contributed by atoms with Gasteiger partial charge in [-0.1, -0.05) is 19.1 Å². The van der Waals surface area contributed by atoms with E-state index >= 15 is 0 Å². The number of nitrogens with zero attached hydrogens (tertiary/aromatic N) is 1. The van der Waals surface area contributed by atoms with Crippen molar-refractivity contribution in [1.29, 1.82) is 0 Å². The first-order valence-electron chi connectivity index (χ1n) is 7.05. The first-order valence-corrected chi connectivity index (χ1v) is 8.21. The van der Waals surface area contributed by atoms with Gasteiger partial charge in [-0.05, 0) is 30.0 Å². The van der Waals surface area contributed by atoms with E-state index in [1.807, 2.05) is 0 Å². The van der Waals surface area contributed by atoms with E-state index in [4.69, 9.17) is 0 Å². The van der Waals surface area contributed by atoms with Crippen LogP contribution in [0.25, 0.3) is 0 Å². The van der Waals surface area contributed by atoms with Crippen LogP contribution >= 0.6 is 11.8 Å². The van der Waals surface area contributed by atoms with Gasteiger partial charge in [-0.3, -0.25) is 0 Å². The number of rotatable bonds is 2.